The largest absolute Gasteiger partial charge is 0.376 e. The second kappa shape index (κ2) is 6.91. The molecule has 0 fully saturated rings. The summed E-state index contributed by atoms with van der Waals surface area (Å²) in [4.78, 5) is 11.9. The predicted molar refractivity (Wildman–Crippen MR) is 87.2 cm³/mol. The van der Waals surface area contributed by atoms with Gasteiger partial charge in [0.1, 0.15) is 0 Å². The van der Waals surface area contributed by atoms with Crippen molar-refractivity contribution in [1.82, 2.24) is 0 Å². The molecule has 5 heteroatoms. The molecular weight excluding hydrogens is 330 g/mol. The van der Waals surface area contributed by atoms with Gasteiger partial charge in [-0.3, -0.25) is 4.79 Å². The zero-order valence-corrected chi connectivity index (χ0v) is 13.1. The molecule has 2 aromatic rings. The van der Waals surface area contributed by atoms with E-state index >= 15 is 0 Å². The van der Waals surface area contributed by atoms with E-state index in [9.17, 15) is 4.79 Å². The average molecular weight is 344 g/mol. The van der Waals surface area contributed by atoms with Crippen molar-refractivity contribution in [3.8, 4) is 6.07 Å². The first kappa shape index (κ1) is 15.1. The second-order valence-electron chi connectivity index (χ2n) is 4.55. The van der Waals surface area contributed by atoms with Crippen LogP contribution in [-0.2, 0) is 4.79 Å². The van der Waals surface area contributed by atoms with Gasteiger partial charge in [0.25, 0.3) is 0 Å². The maximum absolute atomic E-state index is 11.9. The molecule has 0 bridgehead atoms. The lowest BCUT2D eigenvalue weighted by Gasteiger charge is -2.09. The molecule has 2 N–H and O–H groups in total. The quantitative estimate of drug-likeness (QED) is 0.889. The highest BCUT2D eigenvalue weighted by molar-refractivity contribution is 9.10. The number of carbonyl (C=O) groups is 1. The van der Waals surface area contributed by atoms with Gasteiger partial charge >= 0.3 is 0 Å². The molecule has 0 saturated carbocycles. The van der Waals surface area contributed by atoms with E-state index in [1.54, 1.807) is 24.3 Å². The highest BCUT2D eigenvalue weighted by Crippen LogP contribution is 2.19. The number of hydrogen-bond donors (Lipinski definition) is 2. The van der Waals surface area contributed by atoms with Crippen molar-refractivity contribution in [3.63, 3.8) is 0 Å². The van der Waals surface area contributed by atoms with E-state index < -0.39 is 0 Å². The van der Waals surface area contributed by atoms with Gasteiger partial charge in [-0.15, -0.1) is 0 Å². The van der Waals surface area contributed by atoms with E-state index in [1.807, 2.05) is 25.1 Å². The summed E-state index contributed by atoms with van der Waals surface area (Å²) in [5.74, 6) is -0.124. The summed E-state index contributed by atoms with van der Waals surface area (Å²) in [5, 5.41) is 14.6. The van der Waals surface area contributed by atoms with E-state index in [0.717, 1.165) is 21.4 Å². The van der Waals surface area contributed by atoms with Crippen LogP contribution < -0.4 is 10.6 Å². The lowest BCUT2D eigenvalue weighted by molar-refractivity contribution is -0.114. The minimum atomic E-state index is -0.124. The van der Waals surface area contributed by atoms with Crippen molar-refractivity contribution in [2.75, 3.05) is 17.2 Å². The molecule has 0 aliphatic carbocycles. The van der Waals surface area contributed by atoms with Crippen LogP contribution in [0.2, 0.25) is 0 Å². The van der Waals surface area contributed by atoms with Gasteiger partial charge in [-0.1, -0.05) is 15.9 Å². The number of rotatable bonds is 4. The van der Waals surface area contributed by atoms with Crippen LogP contribution >= 0.6 is 15.9 Å². The third kappa shape index (κ3) is 4.33. The van der Waals surface area contributed by atoms with Crippen molar-refractivity contribution >= 4 is 33.2 Å². The Morgan fingerprint density at radius 3 is 2.48 bits per heavy atom. The third-order valence-corrected chi connectivity index (χ3v) is 3.80. The van der Waals surface area contributed by atoms with Crippen molar-refractivity contribution in [1.29, 1.82) is 5.26 Å². The van der Waals surface area contributed by atoms with Crippen LogP contribution in [0.1, 0.15) is 11.1 Å². The Morgan fingerprint density at radius 2 is 1.86 bits per heavy atom. The molecule has 0 saturated heterocycles. The molecule has 1 amide bonds. The van der Waals surface area contributed by atoms with Gasteiger partial charge in [-0.05, 0) is 55.0 Å². The molecule has 2 rings (SSSR count). The van der Waals surface area contributed by atoms with Crippen LogP contribution in [0.15, 0.2) is 46.9 Å². The second-order valence-corrected chi connectivity index (χ2v) is 5.41. The number of aryl methyl sites for hydroxylation is 1. The molecular formula is C16H14BrN3O. The molecule has 0 aliphatic heterocycles. The highest BCUT2D eigenvalue weighted by Gasteiger charge is 2.04. The molecule has 4 nitrogen and oxygen atoms in total. The van der Waals surface area contributed by atoms with Gasteiger partial charge in [0.2, 0.25) is 5.91 Å². The highest BCUT2D eigenvalue weighted by atomic mass is 79.9. The molecule has 21 heavy (non-hydrogen) atoms. The summed E-state index contributed by atoms with van der Waals surface area (Å²) in [5.41, 5.74) is 3.22. The van der Waals surface area contributed by atoms with E-state index in [2.05, 4.69) is 32.6 Å². The molecule has 0 atom stereocenters. The van der Waals surface area contributed by atoms with E-state index in [0.29, 0.717) is 5.56 Å². The monoisotopic (exact) mass is 343 g/mol. The Labute approximate surface area is 131 Å². The van der Waals surface area contributed by atoms with Crippen molar-refractivity contribution in [2.24, 2.45) is 0 Å². The van der Waals surface area contributed by atoms with Gasteiger partial charge in [0.05, 0.1) is 18.2 Å². The Kier molecular flexibility index (Phi) is 4.96. The van der Waals surface area contributed by atoms with Gasteiger partial charge in [0, 0.05) is 15.8 Å². The van der Waals surface area contributed by atoms with Gasteiger partial charge in [-0.2, -0.15) is 5.26 Å². The number of amides is 1. The lowest BCUT2D eigenvalue weighted by atomic mass is 10.2. The topological polar surface area (TPSA) is 64.9 Å². The SMILES string of the molecule is Cc1cc(NC(=O)CNc2ccc(C#N)cc2)ccc1Br. The van der Waals surface area contributed by atoms with Crippen LogP contribution in [-0.4, -0.2) is 12.5 Å². The zero-order chi connectivity index (χ0) is 15.2. The Balaban J connectivity index is 1.89. The molecule has 0 spiro atoms. The third-order valence-electron chi connectivity index (χ3n) is 2.91. The number of halogens is 1. The summed E-state index contributed by atoms with van der Waals surface area (Å²) in [6.45, 7) is 2.13. The number of benzene rings is 2. The fourth-order valence-corrected chi connectivity index (χ4v) is 2.02. The predicted octanol–water partition coefficient (Wildman–Crippen LogP) is 3.68. The van der Waals surface area contributed by atoms with Crippen LogP contribution in [0.25, 0.3) is 0 Å². The standard InChI is InChI=1S/C16H14BrN3O/c1-11-8-14(6-7-15(11)17)20-16(21)10-19-13-4-2-12(9-18)3-5-13/h2-8,19H,10H2,1H3,(H,20,21). The van der Waals surface area contributed by atoms with Crippen LogP contribution in [0.3, 0.4) is 0 Å². The average Bonchev–Trinajstić information content (AvgIpc) is 2.49. The fraction of sp³-hybridized carbons (Fsp3) is 0.125. The van der Waals surface area contributed by atoms with Gasteiger partial charge < -0.3 is 10.6 Å². The molecule has 0 aliphatic rings. The number of nitrogens with one attached hydrogen (secondary N) is 2. The number of nitriles is 1. The maximum atomic E-state index is 11.9. The van der Waals surface area contributed by atoms with E-state index in [4.69, 9.17) is 5.26 Å². The first-order valence-corrected chi connectivity index (χ1v) is 7.18. The van der Waals surface area contributed by atoms with Crippen LogP contribution in [0.5, 0.6) is 0 Å². The summed E-state index contributed by atoms with van der Waals surface area (Å²) in [6.07, 6.45) is 0. The van der Waals surface area contributed by atoms with Crippen LogP contribution in [0.4, 0.5) is 11.4 Å². The normalized spacial score (nSPS) is 9.76. The number of hydrogen-bond acceptors (Lipinski definition) is 3. The Morgan fingerprint density at radius 1 is 1.19 bits per heavy atom. The fourth-order valence-electron chi connectivity index (χ4n) is 1.77. The molecule has 0 aromatic heterocycles. The first-order chi connectivity index (χ1) is 10.1. The minimum Gasteiger partial charge on any atom is -0.376 e. The van der Waals surface area contributed by atoms with Gasteiger partial charge in [0.15, 0.2) is 0 Å². The first-order valence-electron chi connectivity index (χ1n) is 6.38. The number of nitrogens with zero attached hydrogens (tertiary/aromatic N) is 1. The van der Waals surface area contributed by atoms with E-state index in [1.165, 1.54) is 0 Å². The molecule has 0 radical (unpaired) electrons. The smallest absolute Gasteiger partial charge is 0.243 e. The Bertz CT molecular complexity index is 690. The summed E-state index contributed by atoms with van der Waals surface area (Å²) in [6, 6.07) is 14.7. The number of anilines is 2. The van der Waals surface area contributed by atoms with E-state index in [-0.39, 0.29) is 12.5 Å². The van der Waals surface area contributed by atoms with Crippen molar-refractivity contribution in [3.05, 3.63) is 58.1 Å². The molecule has 0 unspecified atom stereocenters. The maximum Gasteiger partial charge on any atom is 0.243 e. The van der Waals surface area contributed by atoms with Crippen molar-refractivity contribution < 1.29 is 4.79 Å². The molecule has 106 valence electrons. The number of carbonyl (C=O) groups excluding carboxylic acids is 1. The summed E-state index contributed by atoms with van der Waals surface area (Å²) >= 11 is 3.42. The zero-order valence-electron chi connectivity index (χ0n) is 11.5. The summed E-state index contributed by atoms with van der Waals surface area (Å²) in [7, 11) is 0. The molecule has 2 aromatic carbocycles. The van der Waals surface area contributed by atoms with Crippen LogP contribution in [0, 0.1) is 18.3 Å². The summed E-state index contributed by atoms with van der Waals surface area (Å²) < 4.78 is 1.01. The molecule has 0 heterocycles. The van der Waals surface area contributed by atoms with Gasteiger partial charge in [-0.25, -0.2) is 0 Å². The Hall–Kier alpha value is -2.32. The van der Waals surface area contributed by atoms with Crippen molar-refractivity contribution in [2.45, 2.75) is 6.92 Å². The minimum absolute atomic E-state index is 0.124. The lowest BCUT2D eigenvalue weighted by Crippen LogP contribution is -2.21.